The highest BCUT2D eigenvalue weighted by Gasteiger charge is 2.28. The minimum absolute atomic E-state index is 0.0432. The molecule has 0 saturated heterocycles. The molecular weight excluding hydrogens is 364 g/mol. The molecular formula is C20H30N2O6. The number of benzene rings is 1. The largest absolute Gasteiger partial charge is 0.462 e. The van der Waals surface area contributed by atoms with Crippen molar-refractivity contribution < 1.29 is 28.6 Å². The van der Waals surface area contributed by atoms with Crippen molar-refractivity contribution >= 4 is 18.2 Å². The van der Waals surface area contributed by atoms with Crippen LogP contribution in [0.25, 0.3) is 0 Å². The molecule has 0 bridgehead atoms. The molecule has 0 aromatic heterocycles. The van der Waals surface area contributed by atoms with Gasteiger partial charge in [0.05, 0.1) is 6.54 Å². The number of nitrogens with one attached hydrogen (secondary N) is 2. The van der Waals surface area contributed by atoms with Crippen LogP contribution in [0.1, 0.15) is 40.2 Å². The molecule has 28 heavy (non-hydrogen) atoms. The van der Waals surface area contributed by atoms with Crippen LogP contribution in [0.15, 0.2) is 30.3 Å². The second-order valence-electron chi connectivity index (χ2n) is 7.52. The summed E-state index contributed by atoms with van der Waals surface area (Å²) in [6, 6.07) is 8.43. The highest BCUT2D eigenvalue weighted by molar-refractivity contribution is 5.81. The lowest BCUT2D eigenvalue weighted by molar-refractivity contribution is -0.147. The molecule has 0 fully saturated rings. The molecule has 8 heteroatoms. The molecule has 156 valence electrons. The Kier molecular flexibility index (Phi) is 9.27. The van der Waals surface area contributed by atoms with Gasteiger partial charge in [-0.25, -0.2) is 14.4 Å². The predicted molar refractivity (Wildman–Crippen MR) is 104 cm³/mol. The molecule has 8 nitrogen and oxygen atoms in total. The average molecular weight is 394 g/mol. The Balaban J connectivity index is 2.32. The average Bonchev–Trinajstić information content (AvgIpc) is 2.60. The Bertz CT molecular complexity index is 640. The van der Waals surface area contributed by atoms with Crippen LogP contribution in [0, 0.1) is 5.92 Å². The molecule has 0 radical (unpaired) electrons. The third-order valence-corrected chi connectivity index (χ3v) is 3.42. The Morgan fingerprint density at radius 2 is 1.64 bits per heavy atom. The maximum Gasteiger partial charge on any atom is 0.408 e. The summed E-state index contributed by atoms with van der Waals surface area (Å²) >= 11 is 0. The molecule has 1 aromatic carbocycles. The number of hydrogen-bond donors (Lipinski definition) is 2. The van der Waals surface area contributed by atoms with Crippen LogP contribution in [0.4, 0.5) is 9.59 Å². The lowest BCUT2D eigenvalue weighted by Gasteiger charge is -2.24. The van der Waals surface area contributed by atoms with Gasteiger partial charge < -0.3 is 24.8 Å². The number of alkyl carbamates (subject to hydrolysis) is 2. The summed E-state index contributed by atoms with van der Waals surface area (Å²) in [5.74, 6) is -0.788. The second kappa shape index (κ2) is 11.2. The van der Waals surface area contributed by atoms with Gasteiger partial charge in [0.15, 0.2) is 0 Å². The number of rotatable bonds is 8. The van der Waals surface area contributed by atoms with Crippen LogP contribution in [-0.4, -0.2) is 43.0 Å². The van der Waals surface area contributed by atoms with Gasteiger partial charge >= 0.3 is 18.2 Å². The standard InChI is InChI=1S/C20H30N2O6/c1-14(2)16(22-19(25)28-20(3,4)5)17(23)26-12-11-21-18(24)27-13-15-9-7-6-8-10-15/h6-10,14,16H,11-13H2,1-5H3,(H,21,24)(H,22,25)/t16-/m0/s1. The summed E-state index contributed by atoms with van der Waals surface area (Å²) in [5.41, 5.74) is 0.205. The van der Waals surface area contributed by atoms with Crippen molar-refractivity contribution in [2.45, 2.75) is 52.9 Å². The fourth-order valence-corrected chi connectivity index (χ4v) is 2.10. The van der Waals surface area contributed by atoms with E-state index in [0.717, 1.165) is 5.56 Å². The van der Waals surface area contributed by atoms with E-state index >= 15 is 0 Å². The third-order valence-electron chi connectivity index (χ3n) is 3.42. The first-order chi connectivity index (χ1) is 13.1. The van der Waals surface area contributed by atoms with E-state index in [0.29, 0.717) is 0 Å². The zero-order valence-electron chi connectivity index (χ0n) is 17.1. The van der Waals surface area contributed by atoms with Crippen molar-refractivity contribution in [3.05, 3.63) is 35.9 Å². The first-order valence-electron chi connectivity index (χ1n) is 9.19. The maximum atomic E-state index is 12.2. The molecule has 1 rings (SSSR count). The molecule has 2 N–H and O–H groups in total. The van der Waals surface area contributed by atoms with Crippen LogP contribution >= 0.6 is 0 Å². The molecule has 0 spiro atoms. The van der Waals surface area contributed by atoms with Gasteiger partial charge in [0.2, 0.25) is 0 Å². The molecule has 0 saturated carbocycles. The molecule has 2 amide bonds. The zero-order valence-corrected chi connectivity index (χ0v) is 17.1. The van der Waals surface area contributed by atoms with Crippen molar-refractivity contribution in [2.24, 2.45) is 5.92 Å². The number of esters is 1. The molecule has 0 aliphatic carbocycles. The number of carbonyl (C=O) groups is 3. The summed E-state index contributed by atoms with van der Waals surface area (Å²) in [5, 5.41) is 5.01. The second-order valence-corrected chi connectivity index (χ2v) is 7.52. The fourth-order valence-electron chi connectivity index (χ4n) is 2.10. The van der Waals surface area contributed by atoms with Crippen molar-refractivity contribution in [3.63, 3.8) is 0 Å². The fraction of sp³-hybridized carbons (Fsp3) is 0.550. The molecule has 0 aliphatic heterocycles. The van der Waals surface area contributed by atoms with Gasteiger partial charge in [0, 0.05) is 0 Å². The molecule has 1 atom stereocenters. The highest BCUT2D eigenvalue weighted by Crippen LogP contribution is 2.09. The predicted octanol–water partition coefficient (Wildman–Crippen LogP) is 3.01. The quantitative estimate of drug-likeness (QED) is 0.399. The van der Waals surface area contributed by atoms with Crippen molar-refractivity contribution in [1.82, 2.24) is 10.6 Å². The van der Waals surface area contributed by atoms with E-state index in [1.165, 1.54) is 0 Å². The number of amides is 2. The molecule has 0 heterocycles. The van der Waals surface area contributed by atoms with Gasteiger partial charge in [-0.15, -0.1) is 0 Å². The van der Waals surface area contributed by atoms with Crippen LogP contribution in [0.2, 0.25) is 0 Å². The van der Waals surface area contributed by atoms with Gasteiger partial charge in [0.25, 0.3) is 0 Å². The maximum absolute atomic E-state index is 12.2. The Labute approximate surface area is 165 Å². The SMILES string of the molecule is CC(C)[C@H](NC(=O)OC(C)(C)C)C(=O)OCCNC(=O)OCc1ccccc1. The smallest absolute Gasteiger partial charge is 0.408 e. The van der Waals surface area contributed by atoms with Crippen molar-refractivity contribution in [3.8, 4) is 0 Å². The van der Waals surface area contributed by atoms with Crippen LogP contribution in [0.3, 0.4) is 0 Å². The number of carbonyl (C=O) groups excluding carboxylic acids is 3. The Morgan fingerprint density at radius 1 is 1.00 bits per heavy atom. The van der Waals surface area contributed by atoms with E-state index in [1.54, 1.807) is 34.6 Å². The molecule has 0 unspecified atom stereocenters. The molecule has 0 aliphatic rings. The summed E-state index contributed by atoms with van der Waals surface area (Å²) < 4.78 is 15.3. The summed E-state index contributed by atoms with van der Waals surface area (Å²) in [4.78, 5) is 35.7. The van der Waals surface area contributed by atoms with Gasteiger partial charge in [-0.3, -0.25) is 0 Å². The van der Waals surface area contributed by atoms with E-state index in [1.807, 2.05) is 30.3 Å². The minimum Gasteiger partial charge on any atom is -0.462 e. The Morgan fingerprint density at radius 3 is 2.21 bits per heavy atom. The van der Waals surface area contributed by atoms with Crippen molar-refractivity contribution in [2.75, 3.05) is 13.2 Å². The summed E-state index contributed by atoms with van der Waals surface area (Å²) in [6.45, 7) is 8.97. The van der Waals surface area contributed by atoms with Gasteiger partial charge in [0.1, 0.15) is 24.9 Å². The van der Waals surface area contributed by atoms with Crippen molar-refractivity contribution in [1.29, 1.82) is 0 Å². The number of hydrogen-bond acceptors (Lipinski definition) is 6. The van der Waals surface area contributed by atoms with Gasteiger partial charge in [-0.1, -0.05) is 44.2 Å². The number of ether oxygens (including phenoxy) is 3. The zero-order chi connectivity index (χ0) is 21.2. The summed E-state index contributed by atoms with van der Waals surface area (Å²) in [6.07, 6.45) is -1.29. The summed E-state index contributed by atoms with van der Waals surface area (Å²) in [7, 11) is 0. The molecule has 1 aromatic rings. The monoisotopic (exact) mass is 394 g/mol. The normalized spacial score (nSPS) is 12.1. The van der Waals surface area contributed by atoms with Gasteiger partial charge in [-0.2, -0.15) is 0 Å². The van der Waals surface area contributed by atoms with E-state index in [-0.39, 0.29) is 25.7 Å². The lowest BCUT2D eigenvalue weighted by atomic mass is 10.1. The van der Waals surface area contributed by atoms with Crippen LogP contribution in [0.5, 0.6) is 0 Å². The minimum atomic E-state index is -0.847. The first kappa shape index (κ1) is 23.3. The van der Waals surface area contributed by atoms with Crippen LogP contribution in [-0.2, 0) is 25.6 Å². The van der Waals surface area contributed by atoms with Gasteiger partial charge in [-0.05, 0) is 32.3 Å². The van der Waals surface area contributed by atoms with Crippen LogP contribution < -0.4 is 10.6 Å². The first-order valence-corrected chi connectivity index (χ1v) is 9.19. The van der Waals surface area contributed by atoms with E-state index < -0.39 is 29.8 Å². The van der Waals surface area contributed by atoms with E-state index in [9.17, 15) is 14.4 Å². The lowest BCUT2D eigenvalue weighted by Crippen LogP contribution is -2.47. The third kappa shape index (κ3) is 9.80. The topological polar surface area (TPSA) is 103 Å². The Hall–Kier alpha value is -2.77. The van der Waals surface area contributed by atoms with E-state index in [2.05, 4.69) is 10.6 Å². The van der Waals surface area contributed by atoms with E-state index in [4.69, 9.17) is 14.2 Å². The highest BCUT2D eigenvalue weighted by atomic mass is 16.6.